The Balaban J connectivity index is 1.33. The van der Waals surface area contributed by atoms with E-state index >= 15 is 0 Å². The van der Waals surface area contributed by atoms with Crippen molar-refractivity contribution in [2.45, 2.75) is 58.7 Å². The van der Waals surface area contributed by atoms with E-state index in [0.717, 1.165) is 59.4 Å². The molecule has 0 aliphatic carbocycles. The number of hydrogen-bond acceptors (Lipinski definition) is 7. The van der Waals surface area contributed by atoms with E-state index < -0.39 is 0 Å². The number of benzene rings is 2. The van der Waals surface area contributed by atoms with Crippen LogP contribution >= 0.6 is 0 Å². The van der Waals surface area contributed by atoms with Crippen molar-refractivity contribution in [3.05, 3.63) is 53.5 Å². The van der Waals surface area contributed by atoms with Gasteiger partial charge in [0.15, 0.2) is 30.2 Å². The Morgan fingerprint density at radius 1 is 1.15 bits per heavy atom. The van der Waals surface area contributed by atoms with E-state index in [-0.39, 0.29) is 24.8 Å². The molecule has 1 aliphatic heterocycles. The first-order valence-electron chi connectivity index (χ1n) is 13.4. The summed E-state index contributed by atoms with van der Waals surface area (Å²) in [7, 11) is 3.47. The molecular formula is C29H36N6O4. The van der Waals surface area contributed by atoms with Crippen LogP contribution in [-0.2, 0) is 23.0 Å². The fourth-order valence-corrected chi connectivity index (χ4v) is 4.90. The van der Waals surface area contributed by atoms with Gasteiger partial charge in [0.25, 0.3) is 5.91 Å². The highest BCUT2D eigenvalue weighted by Gasteiger charge is 2.21. The molecule has 10 nitrogen and oxygen atoms in total. The van der Waals surface area contributed by atoms with Crippen molar-refractivity contribution in [3.8, 4) is 22.9 Å². The largest absolute Gasteiger partial charge is 0.493 e. The van der Waals surface area contributed by atoms with Crippen LogP contribution < -0.4 is 14.8 Å². The summed E-state index contributed by atoms with van der Waals surface area (Å²) in [5.74, 6) is 2.25. The quantitative estimate of drug-likeness (QED) is 0.342. The lowest BCUT2D eigenvalue weighted by Crippen LogP contribution is -2.34. The molecule has 1 unspecified atom stereocenters. The first-order valence-corrected chi connectivity index (χ1v) is 13.4. The smallest absolute Gasteiger partial charge is 0.258 e. The van der Waals surface area contributed by atoms with Crippen molar-refractivity contribution in [1.82, 2.24) is 29.9 Å². The van der Waals surface area contributed by atoms with Crippen molar-refractivity contribution >= 4 is 16.8 Å². The van der Waals surface area contributed by atoms with Gasteiger partial charge in [-0.05, 0) is 75.9 Å². The Morgan fingerprint density at radius 2 is 2.00 bits per heavy atom. The van der Waals surface area contributed by atoms with Crippen molar-refractivity contribution in [2.75, 3.05) is 20.3 Å². The summed E-state index contributed by atoms with van der Waals surface area (Å²) in [4.78, 5) is 16.8. The molecule has 206 valence electrons. The number of carbonyl (C=O) groups is 1. The number of ether oxygens (including phenoxy) is 3. The maximum Gasteiger partial charge on any atom is 0.258 e. The van der Waals surface area contributed by atoms with Gasteiger partial charge in [0.05, 0.1) is 18.3 Å². The molecule has 2 aromatic heterocycles. The van der Waals surface area contributed by atoms with Crippen molar-refractivity contribution in [2.24, 2.45) is 7.05 Å². The van der Waals surface area contributed by atoms with Gasteiger partial charge in [-0.15, -0.1) is 0 Å². The van der Waals surface area contributed by atoms with E-state index in [1.165, 1.54) is 0 Å². The first kappa shape index (κ1) is 26.7. The lowest BCUT2D eigenvalue weighted by Gasteiger charge is -2.23. The molecule has 5 rings (SSSR count). The minimum absolute atomic E-state index is 0.00747. The van der Waals surface area contributed by atoms with Gasteiger partial charge in [0, 0.05) is 37.1 Å². The van der Waals surface area contributed by atoms with Gasteiger partial charge in [-0.3, -0.25) is 9.48 Å². The lowest BCUT2D eigenvalue weighted by molar-refractivity contribution is -0.123. The molecule has 1 aliphatic rings. The Labute approximate surface area is 228 Å². The summed E-state index contributed by atoms with van der Waals surface area (Å²) in [6, 6.07) is 12.0. The second-order valence-electron chi connectivity index (χ2n) is 10.2. The number of hydrogen-bond donors (Lipinski definition) is 1. The van der Waals surface area contributed by atoms with Crippen LogP contribution in [0.5, 0.6) is 11.5 Å². The molecular weight excluding hydrogens is 496 g/mol. The van der Waals surface area contributed by atoms with Crippen LogP contribution in [0.25, 0.3) is 22.3 Å². The molecule has 4 aromatic rings. The standard InChI is InChI=1S/C29H36N6O4/c1-18(2)30-27(36)17-39-24-12-10-21(16-25(24)37-5)29-31-26(34(4)33-29)15-20-9-11-23-22(14-20)19(3)32-35(23)28-8-6-7-13-38-28/h9-12,14,16,18,28H,6-8,13,15,17H2,1-5H3,(H,30,36). The lowest BCUT2D eigenvalue weighted by atomic mass is 10.1. The van der Waals surface area contributed by atoms with Gasteiger partial charge >= 0.3 is 0 Å². The third kappa shape index (κ3) is 5.90. The summed E-state index contributed by atoms with van der Waals surface area (Å²) in [6.45, 7) is 6.55. The number of aromatic nitrogens is 5. The van der Waals surface area contributed by atoms with Gasteiger partial charge in [0.2, 0.25) is 0 Å². The third-order valence-corrected chi connectivity index (χ3v) is 6.83. The van der Waals surface area contributed by atoms with E-state index in [9.17, 15) is 4.79 Å². The van der Waals surface area contributed by atoms with Crippen LogP contribution in [0.1, 0.15) is 56.4 Å². The van der Waals surface area contributed by atoms with Crippen LogP contribution in [0.4, 0.5) is 0 Å². The molecule has 1 saturated heterocycles. The minimum Gasteiger partial charge on any atom is -0.493 e. The van der Waals surface area contributed by atoms with Crippen molar-refractivity contribution < 1.29 is 19.0 Å². The second-order valence-corrected chi connectivity index (χ2v) is 10.2. The molecule has 0 spiro atoms. The zero-order valence-electron chi connectivity index (χ0n) is 23.2. The average Bonchev–Trinajstić information content (AvgIpc) is 3.46. The maximum atomic E-state index is 12.0. The number of rotatable bonds is 9. The normalized spacial score (nSPS) is 15.6. The second kappa shape index (κ2) is 11.4. The summed E-state index contributed by atoms with van der Waals surface area (Å²) in [6.07, 6.45) is 3.90. The summed E-state index contributed by atoms with van der Waals surface area (Å²) in [5, 5.41) is 13.4. The number of methoxy groups -OCH3 is 1. The zero-order chi connectivity index (χ0) is 27.5. The number of amides is 1. The fraction of sp³-hybridized carbons (Fsp3) is 0.448. The van der Waals surface area contributed by atoms with E-state index in [1.807, 2.05) is 44.6 Å². The number of nitrogens with zero attached hydrogens (tertiary/aromatic N) is 5. The molecule has 0 bridgehead atoms. The molecule has 0 radical (unpaired) electrons. The number of nitrogens with one attached hydrogen (secondary N) is 1. The Bertz CT molecular complexity index is 1470. The van der Waals surface area contributed by atoms with E-state index in [0.29, 0.717) is 23.7 Å². The topological polar surface area (TPSA) is 105 Å². The van der Waals surface area contributed by atoms with Crippen LogP contribution in [0.3, 0.4) is 0 Å². The van der Waals surface area contributed by atoms with E-state index in [2.05, 4.69) is 28.6 Å². The van der Waals surface area contributed by atoms with Crippen LogP contribution in [0, 0.1) is 6.92 Å². The molecule has 0 saturated carbocycles. The van der Waals surface area contributed by atoms with Crippen LogP contribution in [0.15, 0.2) is 36.4 Å². The highest BCUT2D eigenvalue weighted by molar-refractivity contribution is 5.82. The zero-order valence-corrected chi connectivity index (χ0v) is 23.2. The van der Waals surface area contributed by atoms with Gasteiger partial charge in [0.1, 0.15) is 5.82 Å². The molecule has 1 fully saturated rings. The third-order valence-electron chi connectivity index (χ3n) is 6.83. The SMILES string of the molecule is COc1cc(-c2nc(Cc3ccc4c(c3)c(C)nn4C3CCCCO3)n(C)n2)ccc1OCC(=O)NC(C)C. The summed E-state index contributed by atoms with van der Waals surface area (Å²) in [5.41, 5.74) is 4.03. The molecule has 1 amide bonds. The first-order chi connectivity index (χ1) is 18.8. The van der Waals surface area contributed by atoms with Gasteiger partial charge in [-0.1, -0.05) is 6.07 Å². The predicted octanol–water partition coefficient (Wildman–Crippen LogP) is 4.34. The summed E-state index contributed by atoms with van der Waals surface area (Å²) < 4.78 is 21.0. The molecule has 2 aromatic carbocycles. The Hall–Kier alpha value is -3.92. The minimum atomic E-state index is -0.185. The van der Waals surface area contributed by atoms with E-state index in [4.69, 9.17) is 24.3 Å². The average molecular weight is 533 g/mol. The van der Waals surface area contributed by atoms with Gasteiger partial charge in [-0.2, -0.15) is 10.2 Å². The monoisotopic (exact) mass is 532 g/mol. The van der Waals surface area contributed by atoms with Crippen LogP contribution in [0.2, 0.25) is 0 Å². The van der Waals surface area contributed by atoms with E-state index in [1.54, 1.807) is 17.9 Å². The van der Waals surface area contributed by atoms with Crippen molar-refractivity contribution in [3.63, 3.8) is 0 Å². The van der Waals surface area contributed by atoms with Gasteiger partial charge < -0.3 is 19.5 Å². The Kier molecular flexibility index (Phi) is 7.83. The molecule has 1 atom stereocenters. The Morgan fingerprint density at radius 3 is 2.74 bits per heavy atom. The summed E-state index contributed by atoms with van der Waals surface area (Å²) >= 11 is 0. The highest BCUT2D eigenvalue weighted by Crippen LogP contribution is 2.32. The number of carbonyl (C=O) groups excluding carboxylic acids is 1. The highest BCUT2D eigenvalue weighted by atomic mass is 16.5. The molecule has 1 N–H and O–H groups in total. The molecule has 10 heteroatoms. The molecule has 3 heterocycles. The number of aryl methyl sites for hydroxylation is 2. The molecule has 39 heavy (non-hydrogen) atoms. The van der Waals surface area contributed by atoms with Crippen LogP contribution in [-0.4, -0.2) is 56.8 Å². The van der Waals surface area contributed by atoms with Gasteiger partial charge in [-0.25, -0.2) is 9.67 Å². The number of fused-ring (bicyclic) bond motifs is 1. The predicted molar refractivity (Wildman–Crippen MR) is 148 cm³/mol. The fourth-order valence-electron chi connectivity index (χ4n) is 4.90. The van der Waals surface area contributed by atoms with Crippen molar-refractivity contribution in [1.29, 1.82) is 0 Å². The maximum absolute atomic E-state index is 12.0.